The van der Waals surface area contributed by atoms with Crippen molar-refractivity contribution in [1.82, 2.24) is 30.1 Å². The highest BCUT2D eigenvalue weighted by atomic mass is 19.4. The van der Waals surface area contributed by atoms with Gasteiger partial charge >= 0.3 is 18.2 Å². The molecule has 160 valence electrons. The Kier molecular flexibility index (Phi) is 6.17. The number of carbonyl (C=O) groups is 2. The normalized spacial score (nSPS) is 24.0. The minimum absolute atomic E-state index is 0.0104. The summed E-state index contributed by atoms with van der Waals surface area (Å²) in [4.78, 5) is 30.7. The molecule has 13 heteroatoms. The maximum Gasteiger partial charge on any atom is 0.491 e. The van der Waals surface area contributed by atoms with Crippen molar-refractivity contribution in [2.45, 2.75) is 44.8 Å². The van der Waals surface area contributed by atoms with Gasteiger partial charge in [0.05, 0.1) is 12.2 Å². The number of alkyl halides is 3. The van der Waals surface area contributed by atoms with Gasteiger partial charge in [0.2, 0.25) is 0 Å². The van der Waals surface area contributed by atoms with Crippen molar-refractivity contribution in [2.24, 2.45) is 4.99 Å². The van der Waals surface area contributed by atoms with Crippen LogP contribution in [0.15, 0.2) is 11.2 Å². The standard InChI is InChI=1S/C16H22F3N7O3/c1-3-13(24-7-5-21-10(24)2)26-9-11(22-23-26)12-8-20-4-6-25(12)15(28)29-14(27)16(17,18)19/h5,9-10,12-13,20H,3-4,6-8H2,1-2H3. The number of halogens is 3. The fourth-order valence-electron chi connectivity index (χ4n) is 3.45. The van der Waals surface area contributed by atoms with Crippen LogP contribution in [-0.2, 0) is 9.53 Å². The molecule has 10 nitrogen and oxygen atoms in total. The average Bonchev–Trinajstić information content (AvgIpc) is 3.32. The van der Waals surface area contributed by atoms with Gasteiger partial charge in [0, 0.05) is 32.4 Å². The predicted octanol–water partition coefficient (Wildman–Crippen LogP) is 1.09. The van der Waals surface area contributed by atoms with Gasteiger partial charge in [0.1, 0.15) is 18.0 Å². The van der Waals surface area contributed by atoms with Gasteiger partial charge in [-0.3, -0.25) is 14.8 Å². The maximum absolute atomic E-state index is 12.4. The molecule has 1 saturated heterocycles. The van der Waals surface area contributed by atoms with Crippen molar-refractivity contribution in [3.05, 3.63) is 11.9 Å². The lowest BCUT2D eigenvalue weighted by atomic mass is 10.1. The molecule has 0 bridgehead atoms. The number of ether oxygens (including phenoxy) is 1. The van der Waals surface area contributed by atoms with Crippen LogP contribution >= 0.6 is 0 Å². The van der Waals surface area contributed by atoms with E-state index in [9.17, 15) is 22.8 Å². The third kappa shape index (κ3) is 4.56. The molecule has 1 aromatic heterocycles. The van der Waals surface area contributed by atoms with E-state index < -0.39 is 24.3 Å². The van der Waals surface area contributed by atoms with E-state index in [4.69, 9.17) is 0 Å². The molecule has 3 atom stereocenters. The Hall–Kier alpha value is -2.54. The summed E-state index contributed by atoms with van der Waals surface area (Å²) >= 11 is 0. The summed E-state index contributed by atoms with van der Waals surface area (Å²) in [7, 11) is 0. The van der Waals surface area contributed by atoms with Crippen molar-refractivity contribution < 1.29 is 27.5 Å². The third-order valence-electron chi connectivity index (χ3n) is 4.91. The predicted molar refractivity (Wildman–Crippen MR) is 93.9 cm³/mol. The van der Waals surface area contributed by atoms with Gasteiger partial charge in [-0.05, 0) is 13.3 Å². The number of aliphatic imine (C=N–C) groups is 1. The van der Waals surface area contributed by atoms with Crippen LogP contribution < -0.4 is 5.32 Å². The summed E-state index contributed by atoms with van der Waals surface area (Å²) in [6, 6.07) is -0.712. The second-order valence-electron chi connectivity index (χ2n) is 6.74. The lowest BCUT2D eigenvalue weighted by Crippen LogP contribution is -2.50. The molecular formula is C16H22F3N7O3. The van der Waals surface area contributed by atoms with Crippen LogP contribution in [0.1, 0.15) is 38.2 Å². The quantitative estimate of drug-likeness (QED) is 0.578. The van der Waals surface area contributed by atoms with Gasteiger partial charge in [-0.15, -0.1) is 5.10 Å². The first-order valence-corrected chi connectivity index (χ1v) is 9.21. The van der Waals surface area contributed by atoms with Crippen LogP contribution in [0, 0.1) is 0 Å². The first-order chi connectivity index (χ1) is 13.7. The molecule has 0 spiro atoms. The molecule has 2 aliphatic heterocycles. The molecule has 0 aromatic carbocycles. The third-order valence-corrected chi connectivity index (χ3v) is 4.91. The highest BCUT2D eigenvalue weighted by molar-refractivity contribution is 5.87. The number of carbonyl (C=O) groups excluding carboxylic acids is 2. The first kappa shape index (κ1) is 21.2. The van der Waals surface area contributed by atoms with Gasteiger partial charge < -0.3 is 10.1 Å². The highest BCUT2D eigenvalue weighted by Crippen LogP contribution is 2.26. The fraction of sp³-hybridized carbons (Fsp3) is 0.688. The van der Waals surface area contributed by atoms with E-state index in [-0.39, 0.29) is 25.4 Å². The Labute approximate surface area is 164 Å². The summed E-state index contributed by atoms with van der Waals surface area (Å²) < 4.78 is 42.9. The number of nitrogens with one attached hydrogen (secondary N) is 1. The van der Waals surface area contributed by atoms with E-state index in [0.717, 1.165) is 11.3 Å². The number of hydrogen-bond acceptors (Lipinski definition) is 8. The number of aromatic nitrogens is 3. The molecule has 1 amide bonds. The SMILES string of the molecule is CCC(N1CC=NC1C)n1cc(C2CNCCN2C(=O)OC(=O)C(F)(F)F)nn1. The molecule has 1 aromatic rings. The smallest absolute Gasteiger partial charge is 0.369 e. The topological polar surface area (TPSA) is 105 Å². The van der Waals surface area contributed by atoms with Crippen LogP contribution in [0.25, 0.3) is 0 Å². The van der Waals surface area contributed by atoms with Crippen molar-refractivity contribution in [1.29, 1.82) is 0 Å². The van der Waals surface area contributed by atoms with Crippen LogP contribution in [0.5, 0.6) is 0 Å². The van der Waals surface area contributed by atoms with Gasteiger partial charge in [-0.25, -0.2) is 14.3 Å². The summed E-state index contributed by atoms with van der Waals surface area (Å²) in [5, 5.41) is 11.3. The highest BCUT2D eigenvalue weighted by Gasteiger charge is 2.44. The largest absolute Gasteiger partial charge is 0.491 e. The molecule has 3 heterocycles. The zero-order chi connectivity index (χ0) is 21.2. The van der Waals surface area contributed by atoms with Crippen molar-refractivity contribution in [2.75, 3.05) is 26.2 Å². The van der Waals surface area contributed by atoms with Gasteiger partial charge in [0.25, 0.3) is 0 Å². The van der Waals surface area contributed by atoms with E-state index in [1.807, 2.05) is 20.1 Å². The molecule has 1 fully saturated rings. The second kappa shape index (κ2) is 8.45. The van der Waals surface area contributed by atoms with Crippen molar-refractivity contribution in [3.63, 3.8) is 0 Å². The van der Waals surface area contributed by atoms with Gasteiger partial charge in [0.15, 0.2) is 0 Å². The van der Waals surface area contributed by atoms with Crippen LogP contribution in [0.3, 0.4) is 0 Å². The van der Waals surface area contributed by atoms with E-state index in [0.29, 0.717) is 18.8 Å². The van der Waals surface area contributed by atoms with Crippen LogP contribution in [0.2, 0.25) is 0 Å². The Morgan fingerprint density at radius 1 is 1.41 bits per heavy atom. The van der Waals surface area contributed by atoms with Gasteiger partial charge in [-0.1, -0.05) is 12.1 Å². The molecule has 0 radical (unpaired) electrons. The number of rotatable bonds is 4. The molecule has 0 saturated carbocycles. The van der Waals surface area contributed by atoms with Gasteiger partial charge in [-0.2, -0.15) is 13.2 Å². The summed E-state index contributed by atoms with van der Waals surface area (Å²) in [6.07, 6.45) is -2.52. The van der Waals surface area contributed by atoms with Crippen LogP contribution in [0.4, 0.5) is 18.0 Å². The summed E-state index contributed by atoms with van der Waals surface area (Å²) in [6.45, 7) is 5.28. The number of nitrogens with zero attached hydrogens (tertiary/aromatic N) is 6. The zero-order valence-electron chi connectivity index (χ0n) is 16.0. The Bertz CT molecular complexity index is 782. The number of piperazine rings is 1. The molecule has 2 aliphatic rings. The summed E-state index contributed by atoms with van der Waals surface area (Å²) in [5.74, 6) is -2.54. The second-order valence-corrected chi connectivity index (χ2v) is 6.74. The van der Waals surface area contributed by atoms with Crippen molar-refractivity contribution >= 4 is 18.3 Å². The van der Waals surface area contributed by atoms with E-state index in [2.05, 4.69) is 30.3 Å². The summed E-state index contributed by atoms with van der Waals surface area (Å²) in [5.41, 5.74) is 0.389. The minimum atomic E-state index is -5.24. The van der Waals surface area contributed by atoms with E-state index >= 15 is 0 Å². The first-order valence-electron chi connectivity index (χ1n) is 9.21. The molecule has 3 unspecified atom stereocenters. The molecular weight excluding hydrogens is 395 g/mol. The molecule has 1 N–H and O–H groups in total. The number of amides is 1. The number of esters is 1. The number of hydrogen-bond donors (Lipinski definition) is 1. The molecule has 29 heavy (non-hydrogen) atoms. The maximum atomic E-state index is 12.4. The zero-order valence-corrected chi connectivity index (χ0v) is 16.0. The minimum Gasteiger partial charge on any atom is -0.369 e. The lowest BCUT2D eigenvalue weighted by molar-refractivity contribution is -0.194. The average molecular weight is 417 g/mol. The van der Waals surface area contributed by atoms with E-state index in [1.54, 1.807) is 10.9 Å². The van der Waals surface area contributed by atoms with Crippen molar-refractivity contribution in [3.8, 4) is 0 Å². The monoisotopic (exact) mass is 417 g/mol. The fourth-order valence-corrected chi connectivity index (χ4v) is 3.45. The molecule has 3 rings (SSSR count). The van der Waals surface area contributed by atoms with E-state index in [1.165, 1.54) is 0 Å². The molecule has 0 aliphatic carbocycles. The lowest BCUT2D eigenvalue weighted by Gasteiger charge is -2.33. The Morgan fingerprint density at radius 2 is 2.17 bits per heavy atom. The Balaban J connectivity index is 1.76. The van der Waals surface area contributed by atoms with Crippen LogP contribution in [-0.4, -0.2) is 81.6 Å². The Morgan fingerprint density at radius 3 is 2.79 bits per heavy atom.